The number of nitriles is 1. The molecule has 0 bridgehead atoms. The van der Waals surface area contributed by atoms with Crippen LogP contribution in [0.1, 0.15) is 36.0 Å². The number of sulfonamides is 1. The van der Waals surface area contributed by atoms with Crippen molar-refractivity contribution in [3.8, 4) is 11.8 Å². The molecule has 3 rings (SSSR count). The molecule has 202 valence electrons. The first-order chi connectivity index (χ1) is 17.2. The Balaban J connectivity index is 2.05. The van der Waals surface area contributed by atoms with Gasteiger partial charge in [-0.05, 0) is 37.6 Å². The summed E-state index contributed by atoms with van der Waals surface area (Å²) in [6, 6.07) is 9.49. The van der Waals surface area contributed by atoms with Crippen molar-refractivity contribution in [3.05, 3.63) is 53.1 Å². The van der Waals surface area contributed by atoms with Gasteiger partial charge in [0.1, 0.15) is 10.6 Å². The van der Waals surface area contributed by atoms with Gasteiger partial charge in [-0.3, -0.25) is 0 Å². The van der Waals surface area contributed by atoms with Crippen LogP contribution < -0.4 is 9.64 Å². The third-order valence-corrected chi connectivity index (χ3v) is 8.44. The average Bonchev–Trinajstić information content (AvgIpc) is 2.97. The zero-order valence-electron chi connectivity index (χ0n) is 20.6. The van der Waals surface area contributed by atoms with Gasteiger partial charge in [0.15, 0.2) is 0 Å². The number of methoxy groups -OCH3 is 1. The molecule has 0 N–H and O–H groups in total. The molecule has 1 atom stereocenters. The molecule has 1 unspecified atom stereocenters. The lowest BCUT2D eigenvalue weighted by atomic mass is 9.94. The highest BCUT2D eigenvalue weighted by atomic mass is 32.2. The first kappa shape index (κ1) is 28.7. The normalized spacial score (nSPS) is 18.6. The van der Waals surface area contributed by atoms with Gasteiger partial charge >= 0.3 is 6.18 Å². The Morgan fingerprint density at radius 1 is 1.19 bits per heavy atom. The summed E-state index contributed by atoms with van der Waals surface area (Å²) in [4.78, 5) is 0.855. The van der Waals surface area contributed by atoms with Crippen molar-refractivity contribution in [2.75, 3.05) is 32.1 Å². The van der Waals surface area contributed by atoms with Gasteiger partial charge in [-0.1, -0.05) is 17.7 Å². The quantitative estimate of drug-likeness (QED) is 0.423. The fraction of sp³-hybridized carbons (Fsp3) is 0.480. The van der Waals surface area contributed by atoms with Crippen LogP contribution in [-0.2, 0) is 22.7 Å². The monoisotopic (exact) mass is 545 g/mol. The molecule has 12 heteroatoms. The minimum absolute atomic E-state index is 0.0128. The zero-order valence-corrected chi connectivity index (χ0v) is 21.5. The number of alkyl halides is 5. The van der Waals surface area contributed by atoms with E-state index >= 15 is 0 Å². The molecule has 0 aliphatic carbocycles. The molecule has 1 fully saturated rings. The van der Waals surface area contributed by atoms with Gasteiger partial charge in [0.2, 0.25) is 10.0 Å². The zero-order chi connectivity index (χ0) is 27.6. The van der Waals surface area contributed by atoms with Crippen molar-refractivity contribution >= 4 is 15.7 Å². The lowest BCUT2D eigenvalue weighted by Gasteiger charge is -2.27. The summed E-state index contributed by atoms with van der Waals surface area (Å²) in [6.45, 7) is 1.05. The maximum Gasteiger partial charge on any atom is 0.416 e. The number of benzene rings is 2. The van der Waals surface area contributed by atoms with Crippen molar-refractivity contribution in [2.24, 2.45) is 5.92 Å². The van der Waals surface area contributed by atoms with Crippen molar-refractivity contribution in [1.82, 2.24) is 4.31 Å². The van der Waals surface area contributed by atoms with Gasteiger partial charge in [0.05, 0.1) is 24.4 Å². The number of rotatable bonds is 7. The first-order valence-corrected chi connectivity index (χ1v) is 13.0. The van der Waals surface area contributed by atoms with Crippen LogP contribution in [0.2, 0.25) is 0 Å². The average molecular weight is 546 g/mol. The van der Waals surface area contributed by atoms with E-state index in [9.17, 15) is 30.4 Å². The second-order valence-electron chi connectivity index (χ2n) is 9.11. The van der Waals surface area contributed by atoms with Crippen LogP contribution in [0.15, 0.2) is 41.3 Å². The maximum atomic E-state index is 14.5. The molecule has 6 nitrogen and oxygen atoms in total. The number of anilines is 1. The van der Waals surface area contributed by atoms with Gasteiger partial charge in [-0.15, -0.1) is 0 Å². The van der Waals surface area contributed by atoms with Crippen LogP contribution in [0, 0.1) is 24.2 Å². The van der Waals surface area contributed by atoms with Crippen LogP contribution in [0.25, 0.3) is 0 Å². The number of nitrogens with zero attached hydrogens (tertiary/aromatic N) is 3. The molecule has 2 aromatic rings. The summed E-state index contributed by atoms with van der Waals surface area (Å²) < 4.78 is 103. The molecule has 1 aliphatic heterocycles. The summed E-state index contributed by atoms with van der Waals surface area (Å²) in [5.41, 5.74) is 0.406. The smallest absolute Gasteiger partial charge is 0.416 e. The van der Waals surface area contributed by atoms with Crippen molar-refractivity contribution in [1.29, 1.82) is 5.26 Å². The Morgan fingerprint density at radius 2 is 1.89 bits per heavy atom. The number of aryl methyl sites for hydroxylation is 1. The second kappa shape index (κ2) is 10.8. The molecule has 2 aromatic carbocycles. The van der Waals surface area contributed by atoms with Crippen molar-refractivity contribution in [3.63, 3.8) is 0 Å². The van der Waals surface area contributed by atoms with E-state index in [1.165, 1.54) is 19.1 Å². The van der Waals surface area contributed by atoms with Crippen molar-refractivity contribution in [2.45, 2.75) is 49.7 Å². The highest BCUT2D eigenvalue weighted by Crippen LogP contribution is 2.40. The van der Waals surface area contributed by atoms with E-state index in [2.05, 4.69) is 0 Å². The standard InChI is InChI=1S/C25H28F5N3O3S/c1-17-4-7-22(36-3)18(14-17)16-32(2)21-6-5-20(25(28,29)30)15-23(21)37(34,35)33-12-9-19(8-11-31)24(26,27)10-13-33/h4-7,14-15,19H,8-10,12-13,16H2,1-3H3. The van der Waals surface area contributed by atoms with E-state index in [1.54, 1.807) is 12.1 Å². The highest BCUT2D eigenvalue weighted by Gasteiger charge is 2.44. The van der Waals surface area contributed by atoms with E-state index in [-0.39, 0.29) is 25.2 Å². The number of halogens is 5. The molecule has 0 aromatic heterocycles. The summed E-state index contributed by atoms with van der Waals surface area (Å²) in [6.07, 6.45) is -6.38. The Hall–Kier alpha value is -2.91. The molecule has 1 heterocycles. The number of hydrogen-bond acceptors (Lipinski definition) is 5. The van der Waals surface area contributed by atoms with Gasteiger partial charge in [-0.2, -0.15) is 22.7 Å². The molecule has 0 radical (unpaired) electrons. The van der Waals surface area contributed by atoms with E-state index < -0.39 is 57.9 Å². The highest BCUT2D eigenvalue weighted by molar-refractivity contribution is 7.89. The fourth-order valence-electron chi connectivity index (χ4n) is 4.43. The van der Waals surface area contributed by atoms with Gasteiger partial charge in [0.25, 0.3) is 5.92 Å². The summed E-state index contributed by atoms with van der Waals surface area (Å²) >= 11 is 0. The van der Waals surface area contributed by atoms with E-state index in [4.69, 9.17) is 10.00 Å². The molecular weight excluding hydrogens is 517 g/mol. The molecule has 0 spiro atoms. The van der Waals surface area contributed by atoms with Crippen LogP contribution >= 0.6 is 0 Å². The van der Waals surface area contributed by atoms with Crippen LogP contribution in [0.5, 0.6) is 5.75 Å². The van der Waals surface area contributed by atoms with Gasteiger partial charge in [0, 0.05) is 51.0 Å². The van der Waals surface area contributed by atoms with Gasteiger partial charge in [-0.25, -0.2) is 17.2 Å². The third-order valence-electron chi connectivity index (χ3n) is 6.52. The summed E-state index contributed by atoms with van der Waals surface area (Å²) in [5, 5.41) is 8.89. The van der Waals surface area contributed by atoms with Gasteiger partial charge < -0.3 is 9.64 Å². The summed E-state index contributed by atoms with van der Waals surface area (Å²) in [7, 11) is -1.60. The second-order valence-corrected chi connectivity index (χ2v) is 11.0. The fourth-order valence-corrected chi connectivity index (χ4v) is 6.15. The topological polar surface area (TPSA) is 73.6 Å². The minimum atomic E-state index is -4.81. The van der Waals surface area contributed by atoms with Crippen LogP contribution in [0.4, 0.5) is 27.6 Å². The molecule has 1 saturated heterocycles. The van der Waals surface area contributed by atoms with E-state index in [0.29, 0.717) is 17.4 Å². The molecule has 1 aliphatic rings. The first-order valence-electron chi connectivity index (χ1n) is 11.5. The lowest BCUT2D eigenvalue weighted by Crippen LogP contribution is -2.34. The Kier molecular flexibility index (Phi) is 8.39. The molecular formula is C25H28F5N3O3S. The van der Waals surface area contributed by atoms with Crippen molar-refractivity contribution < 1.29 is 35.1 Å². The Bertz CT molecular complexity index is 1280. The van der Waals surface area contributed by atoms with E-state index in [1.807, 2.05) is 19.1 Å². The SMILES string of the molecule is COc1ccc(C)cc1CN(C)c1ccc(C(F)(F)F)cc1S(=O)(=O)N1CCC(CC#N)C(F)(F)CC1. The predicted octanol–water partition coefficient (Wildman–Crippen LogP) is 5.61. The molecule has 0 amide bonds. The number of ether oxygens (including phenoxy) is 1. The van der Waals surface area contributed by atoms with E-state index in [0.717, 1.165) is 22.0 Å². The maximum absolute atomic E-state index is 14.5. The van der Waals surface area contributed by atoms with Crippen LogP contribution in [0.3, 0.4) is 0 Å². The molecule has 0 saturated carbocycles. The predicted molar refractivity (Wildman–Crippen MR) is 128 cm³/mol. The third kappa shape index (κ3) is 6.33. The lowest BCUT2D eigenvalue weighted by molar-refractivity contribution is -0.137. The number of hydrogen-bond donors (Lipinski definition) is 0. The summed E-state index contributed by atoms with van der Waals surface area (Å²) in [5.74, 6) is -4.09. The Labute approximate surface area is 213 Å². The molecule has 37 heavy (non-hydrogen) atoms. The van der Waals surface area contributed by atoms with Crippen LogP contribution in [-0.4, -0.2) is 45.9 Å². The minimum Gasteiger partial charge on any atom is -0.496 e. The Morgan fingerprint density at radius 3 is 2.51 bits per heavy atom. The largest absolute Gasteiger partial charge is 0.496 e.